The molecule has 1 N–H and O–H groups in total. The number of nitrogens with one attached hydrogen (secondary N) is 1. The lowest BCUT2D eigenvalue weighted by Gasteiger charge is -2.35. The third-order valence-corrected chi connectivity index (χ3v) is 4.22. The van der Waals surface area contributed by atoms with Gasteiger partial charge in [0, 0.05) is 12.6 Å². The highest BCUT2D eigenvalue weighted by Gasteiger charge is 2.24. The van der Waals surface area contributed by atoms with E-state index < -0.39 is 0 Å². The number of hydrogen-bond donors (Lipinski definition) is 1. The Kier molecular flexibility index (Phi) is 8.70. The van der Waals surface area contributed by atoms with Crippen LogP contribution in [0.3, 0.4) is 0 Å². The monoisotopic (exact) mass is 254 g/mol. The molecule has 0 spiro atoms. The van der Waals surface area contributed by atoms with Gasteiger partial charge in [-0.3, -0.25) is 0 Å². The molecule has 1 aliphatic rings. The van der Waals surface area contributed by atoms with E-state index in [-0.39, 0.29) is 0 Å². The summed E-state index contributed by atoms with van der Waals surface area (Å²) >= 11 is 0. The molecule has 1 aliphatic carbocycles. The van der Waals surface area contributed by atoms with E-state index in [9.17, 15) is 0 Å². The van der Waals surface area contributed by atoms with Crippen LogP contribution in [0.2, 0.25) is 0 Å². The van der Waals surface area contributed by atoms with Gasteiger partial charge in [-0.15, -0.1) is 0 Å². The molecule has 2 nitrogen and oxygen atoms in total. The van der Waals surface area contributed by atoms with Crippen molar-refractivity contribution >= 4 is 0 Å². The Morgan fingerprint density at radius 1 is 1.00 bits per heavy atom. The minimum atomic E-state index is 0.730. The second-order valence-corrected chi connectivity index (χ2v) is 5.86. The SMILES string of the molecule is CCCN(CCC)CC(NCC)C1CCCCC1. The molecule has 108 valence electrons. The Hall–Kier alpha value is -0.0800. The lowest BCUT2D eigenvalue weighted by Crippen LogP contribution is -2.46. The first-order valence-corrected chi connectivity index (χ1v) is 8.27. The fourth-order valence-electron chi connectivity index (χ4n) is 3.38. The molecule has 1 saturated carbocycles. The molecule has 1 atom stereocenters. The summed E-state index contributed by atoms with van der Waals surface area (Å²) in [5, 5.41) is 3.76. The maximum absolute atomic E-state index is 3.76. The summed E-state index contributed by atoms with van der Waals surface area (Å²) in [6, 6.07) is 0.730. The zero-order chi connectivity index (χ0) is 13.2. The highest BCUT2D eigenvalue weighted by Crippen LogP contribution is 2.27. The maximum Gasteiger partial charge on any atom is 0.0223 e. The predicted molar refractivity (Wildman–Crippen MR) is 81.1 cm³/mol. The van der Waals surface area contributed by atoms with Crippen molar-refractivity contribution in [2.75, 3.05) is 26.2 Å². The Morgan fingerprint density at radius 3 is 2.11 bits per heavy atom. The van der Waals surface area contributed by atoms with Gasteiger partial charge in [-0.2, -0.15) is 0 Å². The molecule has 1 rings (SSSR count). The van der Waals surface area contributed by atoms with Gasteiger partial charge in [0.25, 0.3) is 0 Å². The molecule has 0 amide bonds. The standard InChI is InChI=1S/C16H34N2/c1-4-12-18(13-5-2)14-16(17-6-3)15-10-8-7-9-11-15/h15-17H,4-14H2,1-3H3. The minimum Gasteiger partial charge on any atom is -0.313 e. The zero-order valence-electron chi connectivity index (χ0n) is 12.9. The third-order valence-electron chi connectivity index (χ3n) is 4.22. The van der Waals surface area contributed by atoms with Crippen LogP contribution in [0, 0.1) is 5.92 Å². The van der Waals surface area contributed by atoms with E-state index >= 15 is 0 Å². The van der Waals surface area contributed by atoms with Gasteiger partial charge < -0.3 is 10.2 Å². The molecule has 18 heavy (non-hydrogen) atoms. The second kappa shape index (κ2) is 9.80. The van der Waals surface area contributed by atoms with Crippen molar-refractivity contribution < 1.29 is 0 Å². The summed E-state index contributed by atoms with van der Waals surface area (Å²) in [4.78, 5) is 2.67. The van der Waals surface area contributed by atoms with E-state index in [2.05, 4.69) is 31.0 Å². The highest BCUT2D eigenvalue weighted by molar-refractivity contribution is 4.82. The first kappa shape index (κ1) is 16.0. The van der Waals surface area contributed by atoms with Gasteiger partial charge >= 0.3 is 0 Å². The quantitative estimate of drug-likeness (QED) is 0.675. The van der Waals surface area contributed by atoms with E-state index in [1.807, 2.05) is 0 Å². The van der Waals surface area contributed by atoms with Crippen LogP contribution in [0.25, 0.3) is 0 Å². The average molecular weight is 254 g/mol. The summed E-state index contributed by atoms with van der Waals surface area (Å²) < 4.78 is 0. The van der Waals surface area contributed by atoms with Gasteiger partial charge in [-0.1, -0.05) is 40.0 Å². The maximum atomic E-state index is 3.76. The topological polar surface area (TPSA) is 15.3 Å². The van der Waals surface area contributed by atoms with E-state index in [1.54, 1.807) is 0 Å². The molecular formula is C16H34N2. The van der Waals surface area contributed by atoms with Gasteiger partial charge in [-0.05, 0) is 51.2 Å². The number of rotatable bonds is 9. The Balaban J connectivity index is 2.47. The van der Waals surface area contributed by atoms with Crippen LogP contribution in [0.5, 0.6) is 0 Å². The van der Waals surface area contributed by atoms with Gasteiger partial charge in [0.15, 0.2) is 0 Å². The van der Waals surface area contributed by atoms with E-state index in [0.29, 0.717) is 0 Å². The fourth-order valence-corrected chi connectivity index (χ4v) is 3.38. The third kappa shape index (κ3) is 5.71. The molecule has 0 radical (unpaired) electrons. The molecule has 2 heteroatoms. The van der Waals surface area contributed by atoms with Gasteiger partial charge in [0.1, 0.15) is 0 Å². The van der Waals surface area contributed by atoms with Crippen LogP contribution >= 0.6 is 0 Å². The molecule has 0 saturated heterocycles. The molecule has 0 bridgehead atoms. The van der Waals surface area contributed by atoms with Crippen molar-refractivity contribution in [3.05, 3.63) is 0 Å². The summed E-state index contributed by atoms with van der Waals surface area (Å²) in [7, 11) is 0. The molecule has 0 aromatic carbocycles. The minimum absolute atomic E-state index is 0.730. The Morgan fingerprint density at radius 2 is 1.61 bits per heavy atom. The van der Waals surface area contributed by atoms with Crippen molar-refractivity contribution in [2.45, 2.75) is 71.8 Å². The summed E-state index contributed by atoms with van der Waals surface area (Å²) in [5.74, 6) is 0.926. The van der Waals surface area contributed by atoms with E-state index in [1.165, 1.54) is 64.6 Å². The molecule has 0 aromatic heterocycles. The average Bonchev–Trinajstić information content (AvgIpc) is 2.40. The first-order chi connectivity index (χ1) is 8.81. The molecular weight excluding hydrogens is 220 g/mol. The highest BCUT2D eigenvalue weighted by atomic mass is 15.1. The number of hydrogen-bond acceptors (Lipinski definition) is 2. The van der Waals surface area contributed by atoms with Crippen molar-refractivity contribution in [1.29, 1.82) is 0 Å². The van der Waals surface area contributed by atoms with Crippen LogP contribution in [0.1, 0.15) is 65.7 Å². The van der Waals surface area contributed by atoms with Crippen molar-refractivity contribution in [3.63, 3.8) is 0 Å². The van der Waals surface area contributed by atoms with Crippen LogP contribution in [-0.2, 0) is 0 Å². The van der Waals surface area contributed by atoms with Crippen LogP contribution in [0.4, 0.5) is 0 Å². The molecule has 1 fully saturated rings. The number of nitrogens with zero attached hydrogens (tertiary/aromatic N) is 1. The van der Waals surface area contributed by atoms with Gasteiger partial charge in [-0.25, -0.2) is 0 Å². The normalized spacial score (nSPS) is 19.3. The van der Waals surface area contributed by atoms with E-state index in [0.717, 1.165) is 18.5 Å². The van der Waals surface area contributed by atoms with Crippen LogP contribution in [-0.4, -0.2) is 37.1 Å². The zero-order valence-corrected chi connectivity index (χ0v) is 12.9. The molecule has 0 aliphatic heterocycles. The Bertz CT molecular complexity index is 182. The van der Waals surface area contributed by atoms with Crippen molar-refractivity contribution in [3.8, 4) is 0 Å². The molecule has 0 heterocycles. The van der Waals surface area contributed by atoms with Crippen LogP contribution in [0.15, 0.2) is 0 Å². The van der Waals surface area contributed by atoms with E-state index in [4.69, 9.17) is 0 Å². The molecule has 0 aromatic rings. The summed E-state index contributed by atoms with van der Waals surface area (Å²) in [6.07, 6.45) is 9.83. The second-order valence-electron chi connectivity index (χ2n) is 5.86. The van der Waals surface area contributed by atoms with Crippen molar-refractivity contribution in [1.82, 2.24) is 10.2 Å². The molecule has 1 unspecified atom stereocenters. The first-order valence-electron chi connectivity index (χ1n) is 8.27. The summed E-state index contributed by atoms with van der Waals surface area (Å²) in [5.41, 5.74) is 0. The fraction of sp³-hybridized carbons (Fsp3) is 1.00. The van der Waals surface area contributed by atoms with Gasteiger partial charge in [0.2, 0.25) is 0 Å². The Labute approximate surface area is 115 Å². The van der Waals surface area contributed by atoms with Gasteiger partial charge in [0.05, 0.1) is 0 Å². The lowest BCUT2D eigenvalue weighted by atomic mass is 9.83. The largest absolute Gasteiger partial charge is 0.313 e. The van der Waals surface area contributed by atoms with Crippen LogP contribution < -0.4 is 5.32 Å². The number of likely N-dealkylation sites (N-methyl/N-ethyl adjacent to an activating group) is 1. The predicted octanol–water partition coefficient (Wildman–Crippen LogP) is 3.67. The lowest BCUT2D eigenvalue weighted by molar-refractivity contribution is 0.184. The van der Waals surface area contributed by atoms with Crippen molar-refractivity contribution in [2.24, 2.45) is 5.92 Å². The smallest absolute Gasteiger partial charge is 0.0223 e. The summed E-state index contributed by atoms with van der Waals surface area (Å²) in [6.45, 7) is 11.8.